The van der Waals surface area contributed by atoms with Crippen LogP contribution in [0.3, 0.4) is 0 Å². The quantitative estimate of drug-likeness (QED) is 0.308. The number of rotatable bonds is 6. The number of amidine groups is 1. The Bertz CT molecular complexity index is 1410. The molecule has 1 fully saturated rings. The first-order chi connectivity index (χ1) is 17.5. The number of para-hydroxylation sites is 1. The first kappa shape index (κ1) is 26.5. The van der Waals surface area contributed by atoms with E-state index >= 15 is 0 Å². The Labute approximate surface area is 223 Å². The molecule has 1 heterocycles. The number of halogens is 4. The number of ether oxygens (including phenoxy) is 1. The molecule has 2 N–H and O–H groups in total. The molecule has 1 saturated heterocycles. The van der Waals surface area contributed by atoms with Crippen LogP contribution in [0.25, 0.3) is 6.08 Å². The Hall–Kier alpha value is -3.57. The van der Waals surface area contributed by atoms with Crippen LogP contribution >= 0.6 is 27.7 Å². The highest BCUT2D eigenvalue weighted by Gasteiger charge is 2.40. The average molecular weight is 590 g/mol. The minimum Gasteiger partial charge on any atom is -0.483 e. The van der Waals surface area contributed by atoms with E-state index in [9.17, 15) is 22.8 Å². The van der Waals surface area contributed by atoms with Gasteiger partial charge in [-0.2, -0.15) is 13.2 Å². The van der Waals surface area contributed by atoms with Gasteiger partial charge in [0.2, 0.25) is 0 Å². The summed E-state index contributed by atoms with van der Waals surface area (Å²) >= 11 is 4.09. The summed E-state index contributed by atoms with van der Waals surface area (Å²) in [5, 5.41) is 10.6. The van der Waals surface area contributed by atoms with Gasteiger partial charge in [-0.05, 0) is 67.2 Å². The second-order valence-corrected chi connectivity index (χ2v) is 9.90. The maximum absolute atomic E-state index is 13.5. The highest BCUT2D eigenvalue weighted by Crippen LogP contribution is 2.42. The number of carbonyl (C=O) groups is 2. The monoisotopic (exact) mass is 589 g/mol. The molecular weight excluding hydrogens is 571 g/mol. The number of anilines is 2. The number of aryl methyl sites for hydroxylation is 1. The van der Waals surface area contributed by atoms with Crippen LogP contribution in [0.15, 0.2) is 76.1 Å². The Balaban J connectivity index is 1.56. The normalized spacial score (nSPS) is 14.8. The summed E-state index contributed by atoms with van der Waals surface area (Å²) in [5.74, 6) is -0.882. The zero-order chi connectivity index (χ0) is 26.7. The van der Waals surface area contributed by atoms with Crippen molar-refractivity contribution in [1.29, 1.82) is 5.41 Å². The fourth-order valence-electron chi connectivity index (χ4n) is 3.50. The number of carbonyl (C=O) groups excluding carboxylic acids is 2. The minimum atomic E-state index is -4.70. The summed E-state index contributed by atoms with van der Waals surface area (Å²) in [4.78, 5) is 26.2. The van der Waals surface area contributed by atoms with Crippen molar-refractivity contribution in [2.75, 3.05) is 16.8 Å². The maximum atomic E-state index is 13.5. The molecule has 2 amide bonds. The molecule has 1 aliphatic heterocycles. The number of thioether (sulfide) groups is 1. The van der Waals surface area contributed by atoms with E-state index < -0.39 is 29.2 Å². The largest absolute Gasteiger partial charge is 0.483 e. The lowest BCUT2D eigenvalue weighted by Gasteiger charge is -2.19. The summed E-state index contributed by atoms with van der Waals surface area (Å²) in [7, 11) is 0. The standard InChI is InChI=1S/C26H19BrF3N3O3S/c1-15-6-9-18(10-7-15)32-23(34)14-36-21-11-8-17(27)12-16(21)13-22-24(35)33(25(31)37-22)20-5-3-2-4-19(20)26(28,29)30/h2-13,31H,14H2,1H3,(H,32,34)/b22-13-,31-25?. The van der Waals surface area contributed by atoms with E-state index in [-0.39, 0.29) is 22.4 Å². The van der Waals surface area contributed by atoms with Crippen molar-refractivity contribution in [1.82, 2.24) is 0 Å². The average Bonchev–Trinajstić information content (AvgIpc) is 3.12. The maximum Gasteiger partial charge on any atom is 0.418 e. The van der Waals surface area contributed by atoms with Gasteiger partial charge in [0.1, 0.15) is 5.75 Å². The molecule has 0 bridgehead atoms. The predicted octanol–water partition coefficient (Wildman–Crippen LogP) is 6.85. The van der Waals surface area contributed by atoms with Crippen LogP contribution in [0.4, 0.5) is 24.5 Å². The van der Waals surface area contributed by atoms with Crippen LogP contribution in [0.5, 0.6) is 5.75 Å². The molecule has 0 radical (unpaired) electrons. The van der Waals surface area contributed by atoms with Gasteiger partial charge in [0.05, 0.1) is 16.2 Å². The molecule has 0 atom stereocenters. The van der Waals surface area contributed by atoms with E-state index in [4.69, 9.17) is 10.1 Å². The van der Waals surface area contributed by atoms with Crippen LogP contribution in [-0.4, -0.2) is 23.6 Å². The topological polar surface area (TPSA) is 82.5 Å². The summed E-state index contributed by atoms with van der Waals surface area (Å²) < 4.78 is 46.9. The second kappa shape index (κ2) is 10.8. The summed E-state index contributed by atoms with van der Waals surface area (Å²) in [5.41, 5.74) is 0.644. The second-order valence-electron chi connectivity index (χ2n) is 7.96. The third-order valence-corrected chi connectivity index (χ3v) is 6.61. The van der Waals surface area contributed by atoms with Crippen molar-refractivity contribution in [2.45, 2.75) is 13.1 Å². The third-order valence-electron chi connectivity index (χ3n) is 5.23. The first-order valence-electron chi connectivity index (χ1n) is 10.8. The van der Waals surface area contributed by atoms with Gasteiger partial charge in [-0.1, -0.05) is 45.8 Å². The Morgan fingerprint density at radius 2 is 1.84 bits per heavy atom. The van der Waals surface area contributed by atoms with Gasteiger partial charge in [-0.3, -0.25) is 19.9 Å². The van der Waals surface area contributed by atoms with Gasteiger partial charge in [-0.25, -0.2) is 0 Å². The van der Waals surface area contributed by atoms with Crippen LogP contribution in [0.1, 0.15) is 16.7 Å². The lowest BCUT2D eigenvalue weighted by atomic mass is 10.1. The molecule has 11 heteroatoms. The van der Waals surface area contributed by atoms with Crippen molar-refractivity contribution in [3.05, 3.63) is 92.8 Å². The van der Waals surface area contributed by atoms with Crippen molar-refractivity contribution in [3.8, 4) is 5.75 Å². The van der Waals surface area contributed by atoms with Crippen LogP contribution < -0.4 is 15.0 Å². The summed E-state index contributed by atoms with van der Waals surface area (Å²) in [6.45, 7) is 1.62. The lowest BCUT2D eigenvalue weighted by molar-refractivity contribution is -0.137. The summed E-state index contributed by atoms with van der Waals surface area (Å²) in [6, 6.07) is 16.8. The number of hydrogen-bond acceptors (Lipinski definition) is 5. The minimum absolute atomic E-state index is 0.0361. The number of nitrogens with zero attached hydrogens (tertiary/aromatic N) is 1. The van der Waals surface area contributed by atoms with Gasteiger partial charge >= 0.3 is 6.18 Å². The van der Waals surface area contributed by atoms with Gasteiger partial charge in [0.25, 0.3) is 11.8 Å². The number of hydrogen-bond donors (Lipinski definition) is 2. The zero-order valence-electron chi connectivity index (χ0n) is 19.2. The van der Waals surface area contributed by atoms with Gasteiger partial charge in [0, 0.05) is 15.7 Å². The molecule has 3 aromatic rings. The zero-order valence-corrected chi connectivity index (χ0v) is 21.6. The molecule has 37 heavy (non-hydrogen) atoms. The van der Waals surface area contributed by atoms with Crippen molar-refractivity contribution in [2.24, 2.45) is 0 Å². The molecule has 1 aliphatic rings. The first-order valence-corrected chi connectivity index (χ1v) is 12.4. The fraction of sp³-hybridized carbons (Fsp3) is 0.115. The summed E-state index contributed by atoms with van der Waals surface area (Å²) in [6.07, 6.45) is -3.27. The molecule has 0 saturated carbocycles. The molecule has 0 spiro atoms. The van der Waals surface area contributed by atoms with E-state index in [1.165, 1.54) is 18.2 Å². The van der Waals surface area contributed by atoms with Crippen molar-refractivity contribution in [3.63, 3.8) is 0 Å². The third kappa shape index (κ3) is 6.23. The molecule has 6 nitrogen and oxygen atoms in total. The van der Waals surface area contributed by atoms with Crippen molar-refractivity contribution < 1.29 is 27.5 Å². The van der Waals surface area contributed by atoms with Crippen LogP contribution in [-0.2, 0) is 15.8 Å². The van der Waals surface area contributed by atoms with Gasteiger partial charge < -0.3 is 10.1 Å². The molecule has 0 aliphatic carbocycles. The van der Waals surface area contributed by atoms with Gasteiger partial charge in [-0.15, -0.1) is 0 Å². The van der Waals surface area contributed by atoms with E-state index in [0.717, 1.165) is 34.4 Å². The fourth-order valence-corrected chi connectivity index (χ4v) is 4.72. The number of alkyl halides is 3. The Morgan fingerprint density at radius 3 is 2.54 bits per heavy atom. The molecule has 4 rings (SSSR count). The van der Waals surface area contributed by atoms with Crippen LogP contribution in [0, 0.1) is 12.3 Å². The smallest absolute Gasteiger partial charge is 0.418 e. The lowest BCUT2D eigenvalue weighted by Crippen LogP contribution is -2.30. The molecule has 190 valence electrons. The molecular formula is C26H19BrF3N3O3S. The number of nitrogens with one attached hydrogen (secondary N) is 2. The number of benzene rings is 3. The Kier molecular flexibility index (Phi) is 7.74. The van der Waals surface area contributed by atoms with E-state index in [1.807, 2.05) is 19.1 Å². The van der Waals surface area contributed by atoms with Crippen molar-refractivity contribution >= 4 is 62.1 Å². The molecule has 0 aromatic heterocycles. The van der Waals surface area contributed by atoms with Crippen LogP contribution in [0.2, 0.25) is 0 Å². The highest BCUT2D eigenvalue weighted by atomic mass is 79.9. The van der Waals surface area contributed by atoms with E-state index in [1.54, 1.807) is 30.3 Å². The highest BCUT2D eigenvalue weighted by molar-refractivity contribution is 9.10. The predicted molar refractivity (Wildman–Crippen MR) is 142 cm³/mol. The number of amides is 2. The molecule has 3 aromatic carbocycles. The molecule has 0 unspecified atom stereocenters. The van der Waals surface area contributed by atoms with Gasteiger partial charge in [0.15, 0.2) is 11.8 Å². The van der Waals surface area contributed by atoms with E-state index in [0.29, 0.717) is 15.7 Å². The Morgan fingerprint density at radius 1 is 1.14 bits per heavy atom. The SMILES string of the molecule is Cc1ccc(NC(=O)COc2ccc(Br)cc2/C=C2\SC(=N)N(c3ccccc3C(F)(F)F)C2=O)cc1. The van der Waals surface area contributed by atoms with E-state index in [2.05, 4.69) is 21.2 Å².